The smallest absolute Gasteiger partial charge is 0.472 e. The highest BCUT2D eigenvalue weighted by Gasteiger charge is 2.27. The average Bonchev–Trinajstić information content (AvgIpc) is 3.12. The van der Waals surface area contributed by atoms with Crippen LogP contribution in [0.25, 0.3) is 0 Å². The third kappa shape index (κ3) is 36.0. The minimum absolute atomic E-state index is 0.00654. The van der Waals surface area contributed by atoms with Gasteiger partial charge >= 0.3 is 19.8 Å². The molecular formula is C41H72NO9P. The summed E-state index contributed by atoms with van der Waals surface area (Å²) in [6.45, 7) is 3.68. The van der Waals surface area contributed by atoms with Crippen LogP contribution >= 0.6 is 7.82 Å². The standard InChI is InChI=1S/C41H72NO9P/c1-3-5-7-9-11-13-15-17-18-19-20-21-23-25-27-29-31-33-40(43)51-38(36-49-52(46,47)50-37-39(42)41(44)45)35-48-34-32-30-28-26-24-22-16-14-12-10-8-6-4-2/h5,7,11,13,17-18,20-21,25,27,38-39H,3-4,6,8-10,12,14-16,19,22-24,26,28-37,42H2,1-2H3,(H,44,45)(H,46,47)/b7-5-,13-11-,18-17-,21-20-,27-25-. The lowest BCUT2D eigenvalue weighted by Gasteiger charge is -2.20. The number of nitrogens with two attached hydrogens (primary N) is 1. The van der Waals surface area contributed by atoms with Crippen molar-refractivity contribution in [3.63, 3.8) is 0 Å². The number of carbonyl (C=O) groups is 2. The molecule has 0 saturated heterocycles. The van der Waals surface area contributed by atoms with Gasteiger partial charge in [-0.05, 0) is 51.4 Å². The van der Waals surface area contributed by atoms with Crippen molar-refractivity contribution in [2.45, 2.75) is 161 Å². The van der Waals surface area contributed by atoms with Gasteiger partial charge in [0.2, 0.25) is 0 Å². The number of hydrogen-bond donors (Lipinski definition) is 3. The highest BCUT2D eigenvalue weighted by molar-refractivity contribution is 7.47. The highest BCUT2D eigenvalue weighted by atomic mass is 31.2. The quantitative estimate of drug-likeness (QED) is 0.0242. The molecule has 0 aromatic carbocycles. The van der Waals surface area contributed by atoms with Crippen LogP contribution in [0.4, 0.5) is 0 Å². The summed E-state index contributed by atoms with van der Waals surface area (Å²) in [7, 11) is -4.63. The van der Waals surface area contributed by atoms with Gasteiger partial charge in [0.15, 0.2) is 0 Å². The van der Waals surface area contributed by atoms with E-state index in [9.17, 15) is 19.0 Å². The maximum atomic E-state index is 12.6. The second kappa shape index (κ2) is 37.0. The Morgan fingerprint density at radius 3 is 1.60 bits per heavy atom. The average molecular weight is 754 g/mol. The monoisotopic (exact) mass is 753 g/mol. The molecule has 4 N–H and O–H groups in total. The molecule has 0 saturated carbocycles. The second-order valence-electron chi connectivity index (χ2n) is 13.0. The number of aliphatic carboxylic acids is 1. The fraction of sp³-hybridized carbons (Fsp3) is 0.707. The van der Waals surface area contributed by atoms with Crippen molar-refractivity contribution in [2.24, 2.45) is 5.73 Å². The number of phosphoric acid groups is 1. The summed E-state index contributed by atoms with van der Waals surface area (Å²) in [5.41, 5.74) is 5.34. The van der Waals surface area contributed by atoms with Gasteiger partial charge in [-0.25, -0.2) is 4.57 Å². The van der Waals surface area contributed by atoms with E-state index in [4.69, 9.17) is 24.8 Å². The Labute approximate surface area is 315 Å². The highest BCUT2D eigenvalue weighted by Crippen LogP contribution is 2.43. The van der Waals surface area contributed by atoms with Gasteiger partial charge in [0, 0.05) is 13.0 Å². The molecule has 0 rings (SSSR count). The van der Waals surface area contributed by atoms with Crippen LogP contribution in [0.2, 0.25) is 0 Å². The van der Waals surface area contributed by atoms with Crippen molar-refractivity contribution in [2.75, 3.05) is 26.4 Å². The number of rotatable bonds is 37. The topological polar surface area (TPSA) is 155 Å². The molecule has 0 aliphatic carbocycles. The first kappa shape index (κ1) is 49.7. The Kier molecular flexibility index (Phi) is 35.3. The predicted molar refractivity (Wildman–Crippen MR) is 212 cm³/mol. The molecule has 0 radical (unpaired) electrons. The van der Waals surface area contributed by atoms with Crippen LogP contribution in [0.15, 0.2) is 60.8 Å². The van der Waals surface area contributed by atoms with E-state index < -0.39 is 45.1 Å². The first-order valence-corrected chi connectivity index (χ1v) is 21.3. The van der Waals surface area contributed by atoms with Crippen molar-refractivity contribution in [3.05, 3.63) is 60.8 Å². The van der Waals surface area contributed by atoms with E-state index in [1.165, 1.54) is 64.2 Å². The fourth-order valence-corrected chi connectivity index (χ4v) is 5.77. The van der Waals surface area contributed by atoms with E-state index in [0.29, 0.717) is 19.4 Å². The molecule has 11 heteroatoms. The molecule has 0 bridgehead atoms. The summed E-state index contributed by atoms with van der Waals surface area (Å²) < 4.78 is 33.2. The largest absolute Gasteiger partial charge is 0.480 e. The van der Waals surface area contributed by atoms with Crippen molar-refractivity contribution in [1.29, 1.82) is 0 Å². The van der Waals surface area contributed by atoms with E-state index in [2.05, 4.69) is 73.1 Å². The Bertz CT molecular complexity index is 1060. The molecule has 300 valence electrons. The number of hydrogen-bond acceptors (Lipinski definition) is 8. The molecular weight excluding hydrogens is 681 g/mol. The number of carbonyl (C=O) groups excluding carboxylic acids is 1. The van der Waals surface area contributed by atoms with Gasteiger partial charge in [-0.2, -0.15) is 0 Å². The second-order valence-corrected chi connectivity index (χ2v) is 14.5. The normalized spacial score (nSPS) is 14.7. The molecule has 3 atom stereocenters. The number of unbranched alkanes of at least 4 members (excludes halogenated alkanes) is 13. The van der Waals surface area contributed by atoms with E-state index in [1.807, 2.05) is 6.08 Å². The number of carboxylic acid groups (broad SMARTS) is 1. The van der Waals surface area contributed by atoms with Crippen LogP contribution in [0.1, 0.15) is 149 Å². The molecule has 10 nitrogen and oxygen atoms in total. The maximum absolute atomic E-state index is 12.6. The van der Waals surface area contributed by atoms with Gasteiger partial charge in [-0.3, -0.25) is 18.6 Å². The van der Waals surface area contributed by atoms with Crippen molar-refractivity contribution >= 4 is 19.8 Å². The van der Waals surface area contributed by atoms with Crippen LogP contribution < -0.4 is 5.73 Å². The molecule has 0 aromatic rings. The molecule has 52 heavy (non-hydrogen) atoms. The van der Waals surface area contributed by atoms with Crippen molar-refractivity contribution in [1.82, 2.24) is 0 Å². The van der Waals surface area contributed by atoms with Crippen LogP contribution in [-0.4, -0.2) is 60.5 Å². The summed E-state index contributed by atoms with van der Waals surface area (Å²) in [5.74, 6) is -1.84. The molecule has 0 aliphatic rings. The van der Waals surface area contributed by atoms with Gasteiger partial charge in [0.25, 0.3) is 0 Å². The Hall–Kier alpha value is -2.33. The van der Waals surface area contributed by atoms with Crippen LogP contribution in [0.5, 0.6) is 0 Å². The Morgan fingerprint density at radius 1 is 0.635 bits per heavy atom. The number of ether oxygens (including phenoxy) is 2. The first-order valence-electron chi connectivity index (χ1n) is 19.8. The summed E-state index contributed by atoms with van der Waals surface area (Å²) in [5, 5.41) is 8.87. The number of carboxylic acids is 1. The van der Waals surface area contributed by atoms with Gasteiger partial charge in [0.1, 0.15) is 12.1 Å². The Morgan fingerprint density at radius 2 is 1.10 bits per heavy atom. The molecule has 0 spiro atoms. The number of allylic oxidation sites excluding steroid dienone is 10. The SMILES string of the molecule is CC/C=C\C/C=C\C/C=C\C/C=C\C/C=C\CCCC(=O)OC(COCCCCCCCCCCCCCCC)COP(=O)(O)OCC(N)C(=O)O. The number of phosphoric ester groups is 1. The minimum atomic E-state index is -4.63. The lowest BCUT2D eigenvalue weighted by atomic mass is 10.0. The van der Waals surface area contributed by atoms with E-state index in [-0.39, 0.29) is 13.0 Å². The summed E-state index contributed by atoms with van der Waals surface area (Å²) in [4.78, 5) is 33.4. The van der Waals surface area contributed by atoms with Crippen LogP contribution in [-0.2, 0) is 32.7 Å². The van der Waals surface area contributed by atoms with Gasteiger partial charge in [0.05, 0.1) is 19.8 Å². The molecule has 0 heterocycles. The molecule has 0 aromatic heterocycles. The molecule has 0 amide bonds. The zero-order valence-corrected chi connectivity index (χ0v) is 33.3. The van der Waals surface area contributed by atoms with E-state index in [1.54, 1.807) is 0 Å². The van der Waals surface area contributed by atoms with Gasteiger partial charge < -0.3 is 25.2 Å². The fourth-order valence-electron chi connectivity index (χ4n) is 4.99. The third-order valence-corrected chi connectivity index (χ3v) is 9.01. The predicted octanol–water partition coefficient (Wildman–Crippen LogP) is 10.5. The zero-order chi connectivity index (χ0) is 38.4. The Balaban J connectivity index is 4.40. The lowest BCUT2D eigenvalue weighted by Crippen LogP contribution is -2.34. The zero-order valence-electron chi connectivity index (χ0n) is 32.4. The molecule has 0 fully saturated rings. The minimum Gasteiger partial charge on any atom is -0.480 e. The van der Waals surface area contributed by atoms with Crippen molar-refractivity contribution < 1.29 is 42.7 Å². The maximum Gasteiger partial charge on any atom is 0.472 e. The molecule has 0 aliphatic heterocycles. The molecule has 3 unspecified atom stereocenters. The van der Waals surface area contributed by atoms with Crippen molar-refractivity contribution in [3.8, 4) is 0 Å². The van der Waals surface area contributed by atoms with E-state index >= 15 is 0 Å². The lowest BCUT2D eigenvalue weighted by molar-refractivity contribution is -0.154. The van der Waals surface area contributed by atoms with Gasteiger partial charge in [-0.1, -0.05) is 152 Å². The first-order chi connectivity index (χ1) is 25.2. The number of esters is 1. The van der Waals surface area contributed by atoms with Crippen LogP contribution in [0.3, 0.4) is 0 Å². The van der Waals surface area contributed by atoms with Gasteiger partial charge in [-0.15, -0.1) is 0 Å². The summed E-state index contributed by atoms with van der Waals surface area (Å²) in [6, 6.07) is -1.48. The van der Waals surface area contributed by atoms with E-state index in [0.717, 1.165) is 51.4 Å². The summed E-state index contributed by atoms with van der Waals surface area (Å²) >= 11 is 0. The van der Waals surface area contributed by atoms with Crippen LogP contribution in [0, 0.1) is 0 Å². The third-order valence-electron chi connectivity index (χ3n) is 8.06. The summed E-state index contributed by atoms with van der Waals surface area (Å²) in [6.07, 6.45) is 42.8.